The Morgan fingerprint density at radius 3 is 1.90 bits per heavy atom. The maximum atomic E-state index is 13.7. The zero-order valence-corrected chi connectivity index (χ0v) is 10.3. The second kappa shape index (κ2) is 4.90. The van der Waals surface area contributed by atoms with E-state index in [9.17, 15) is 31.4 Å². The maximum absolute atomic E-state index is 13.7. The molecule has 0 saturated carbocycles. The van der Waals surface area contributed by atoms with E-state index in [1.807, 2.05) is 5.92 Å². The van der Waals surface area contributed by atoms with E-state index in [0.29, 0.717) is 0 Å². The quantitative estimate of drug-likeness (QED) is 0.335. The molecule has 0 aliphatic carbocycles. The summed E-state index contributed by atoms with van der Waals surface area (Å²) in [5.74, 6) is -2.82. The average Bonchev–Trinajstić information content (AvgIpc) is 2.22. The van der Waals surface area contributed by atoms with Crippen LogP contribution in [0.2, 0.25) is 0 Å². The lowest BCUT2D eigenvalue weighted by Crippen LogP contribution is -2.17. The van der Waals surface area contributed by atoms with Crippen LogP contribution in [0, 0.1) is 29.3 Å². The van der Waals surface area contributed by atoms with Crippen LogP contribution in [-0.2, 0) is 6.18 Å². The molecule has 0 heterocycles. The molecule has 0 aliphatic rings. The minimum Gasteiger partial charge on any atom is -0.395 e. The van der Waals surface area contributed by atoms with Crippen molar-refractivity contribution < 1.29 is 31.4 Å². The van der Waals surface area contributed by atoms with Gasteiger partial charge in [0.05, 0.1) is 11.3 Å². The summed E-state index contributed by atoms with van der Waals surface area (Å²) in [5.41, 5.74) is -1.42. The summed E-state index contributed by atoms with van der Waals surface area (Å²) >= 11 is 0. The van der Waals surface area contributed by atoms with Crippen molar-refractivity contribution in [2.75, 3.05) is 5.73 Å². The molecule has 0 spiro atoms. The summed E-state index contributed by atoms with van der Waals surface area (Å²) in [7, 11) is 0. The maximum Gasteiger partial charge on any atom is 0.422 e. The van der Waals surface area contributed by atoms with Crippen molar-refractivity contribution >= 4 is 5.69 Å². The predicted molar refractivity (Wildman–Crippen MR) is 58.9 cm³/mol. The van der Waals surface area contributed by atoms with Crippen molar-refractivity contribution in [1.29, 1.82) is 0 Å². The summed E-state index contributed by atoms with van der Waals surface area (Å²) in [6, 6.07) is 0. The number of hydrogen-bond donors (Lipinski definition) is 2. The van der Waals surface area contributed by atoms with E-state index in [1.54, 1.807) is 5.92 Å². The monoisotopic (exact) mass is 297 g/mol. The third kappa shape index (κ3) is 3.17. The first-order valence-corrected chi connectivity index (χ1v) is 5.15. The molecule has 2 nitrogen and oxygen atoms in total. The number of aliphatic hydroxyl groups is 1. The predicted octanol–water partition coefficient (Wildman–Crippen LogP) is 2.83. The largest absolute Gasteiger partial charge is 0.422 e. The van der Waals surface area contributed by atoms with Gasteiger partial charge in [-0.3, -0.25) is 0 Å². The first kappa shape index (κ1) is 16.2. The van der Waals surface area contributed by atoms with Gasteiger partial charge < -0.3 is 10.8 Å². The Morgan fingerprint density at radius 1 is 1.00 bits per heavy atom. The zero-order chi connectivity index (χ0) is 15.9. The topological polar surface area (TPSA) is 46.2 Å². The minimum absolute atomic E-state index is 1.15. The molecule has 0 saturated heterocycles. The highest BCUT2D eigenvalue weighted by molar-refractivity contribution is 5.60. The van der Waals surface area contributed by atoms with Crippen LogP contribution in [0.3, 0.4) is 0 Å². The highest BCUT2D eigenvalue weighted by atomic mass is 19.4. The lowest BCUT2D eigenvalue weighted by molar-refractivity contribution is -0.142. The van der Waals surface area contributed by atoms with Gasteiger partial charge in [0.25, 0.3) is 0 Å². The van der Waals surface area contributed by atoms with Crippen LogP contribution in [0.15, 0.2) is 0 Å². The fourth-order valence-corrected chi connectivity index (χ4v) is 1.26. The molecule has 20 heavy (non-hydrogen) atoms. The Kier molecular flexibility index (Phi) is 3.97. The molecule has 0 aromatic heterocycles. The van der Waals surface area contributed by atoms with E-state index < -0.39 is 46.0 Å². The lowest BCUT2D eigenvalue weighted by Gasteiger charge is -2.13. The molecular formula is C12H9F6NO. The summed E-state index contributed by atoms with van der Waals surface area (Å²) in [4.78, 5) is 0. The molecule has 1 aromatic carbocycles. The highest BCUT2D eigenvalue weighted by Crippen LogP contribution is 2.38. The molecule has 0 aliphatic heterocycles. The van der Waals surface area contributed by atoms with Crippen molar-refractivity contribution in [3.05, 3.63) is 28.6 Å². The van der Waals surface area contributed by atoms with Crippen LogP contribution < -0.4 is 5.73 Å². The first-order chi connectivity index (χ1) is 8.86. The number of benzene rings is 1. The molecule has 0 radical (unpaired) electrons. The second-order valence-electron chi connectivity index (χ2n) is 4.41. The van der Waals surface area contributed by atoms with Crippen molar-refractivity contribution in [3.8, 4) is 11.8 Å². The summed E-state index contributed by atoms with van der Waals surface area (Å²) < 4.78 is 77.6. The Labute approximate surface area is 110 Å². The van der Waals surface area contributed by atoms with E-state index in [-0.39, 0.29) is 0 Å². The van der Waals surface area contributed by atoms with Gasteiger partial charge in [-0.2, -0.15) is 13.2 Å². The number of hydrogen-bond acceptors (Lipinski definition) is 2. The Hall–Kier alpha value is -1.88. The summed E-state index contributed by atoms with van der Waals surface area (Å²) in [6.07, 6.45) is -5.45. The standard InChI is InChI=1S/C12H9F6NO/c1-11(2,20)4-3-5-7(13)6(12(16,17)18)8(14)9(15)10(5)19/h20H,19H2,1-2H3. The van der Waals surface area contributed by atoms with Crippen LogP contribution in [0.1, 0.15) is 25.0 Å². The summed E-state index contributed by atoms with van der Waals surface area (Å²) in [5, 5.41) is 9.29. The van der Waals surface area contributed by atoms with Gasteiger partial charge in [0.1, 0.15) is 11.2 Å². The SMILES string of the molecule is CC(C)(O)C#Cc1c(N)c(F)c(F)c(C(F)(F)F)c1F. The minimum atomic E-state index is -5.45. The smallest absolute Gasteiger partial charge is 0.395 e. The third-order valence-electron chi connectivity index (χ3n) is 2.13. The van der Waals surface area contributed by atoms with Crippen LogP contribution >= 0.6 is 0 Å². The van der Waals surface area contributed by atoms with Crippen LogP contribution in [0.25, 0.3) is 0 Å². The molecule has 110 valence electrons. The number of rotatable bonds is 0. The molecular weight excluding hydrogens is 288 g/mol. The Bertz CT molecular complexity index is 604. The molecule has 1 rings (SSSR count). The normalized spacial score (nSPS) is 12.1. The van der Waals surface area contributed by atoms with Crippen molar-refractivity contribution in [2.45, 2.75) is 25.6 Å². The molecule has 0 unspecified atom stereocenters. The molecule has 3 N–H and O–H groups in total. The van der Waals surface area contributed by atoms with E-state index in [1.165, 1.54) is 13.8 Å². The Morgan fingerprint density at radius 2 is 1.50 bits per heavy atom. The van der Waals surface area contributed by atoms with E-state index in [4.69, 9.17) is 5.73 Å². The third-order valence-corrected chi connectivity index (χ3v) is 2.13. The van der Waals surface area contributed by atoms with Gasteiger partial charge >= 0.3 is 6.18 Å². The van der Waals surface area contributed by atoms with E-state index in [2.05, 4.69) is 0 Å². The van der Waals surface area contributed by atoms with Crippen molar-refractivity contribution in [3.63, 3.8) is 0 Å². The molecule has 1 aromatic rings. The van der Waals surface area contributed by atoms with Crippen molar-refractivity contribution in [2.24, 2.45) is 0 Å². The first-order valence-electron chi connectivity index (χ1n) is 5.15. The fraction of sp³-hybridized carbons (Fsp3) is 0.333. The second-order valence-corrected chi connectivity index (χ2v) is 4.41. The lowest BCUT2D eigenvalue weighted by atomic mass is 10.0. The average molecular weight is 297 g/mol. The van der Waals surface area contributed by atoms with Gasteiger partial charge in [0, 0.05) is 0 Å². The van der Waals surface area contributed by atoms with Crippen LogP contribution in [0.5, 0.6) is 0 Å². The van der Waals surface area contributed by atoms with E-state index >= 15 is 0 Å². The van der Waals surface area contributed by atoms with Crippen LogP contribution in [-0.4, -0.2) is 10.7 Å². The number of nitrogens with two attached hydrogens (primary N) is 1. The van der Waals surface area contributed by atoms with Gasteiger partial charge in [-0.05, 0) is 13.8 Å². The number of anilines is 1. The van der Waals surface area contributed by atoms with Gasteiger partial charge in [0.15, 0.2) is 17.5 Å². The summed E-state index contributed by atoms with van der Waals surface area (Å²) in [6.45, 7) is 2.33. The number of halogens is 6. The van der Waals surface area contributed by atoms with Gasteiger partial charge in [-0.1, -0.05) is 11.8 Å². The van der Waals surface area contributed by atoms with Gasteiger partial charge in [-0.15, -0.1) is 0 Å². The van der Waals surface area contributed by atoms with E-state index in [0.717, 1.165) is 0 Å². The van der Waals surface area contributed by atoms with Crippen LogP contribution in [0.4, 0.5) is 32.0 Å². The number of alkyl halides is 3. The zero-order valence-electron chi connectivity index (χ0n) is 10.3. The molecule has 0 atom stereocenters. The molecule has 0 fully saturated rings. The number of nitrogen functional groups attached to an aromatic ring is 1. The highest BCUT2D eigenvalue weighted by Gasteiger charge is 2.41. The van der Waals surface area contributed by atoms with Gasteiger partial charge in [0.2, 0.25) is 0 Å². The molecule has 0 bridgehead atoms. The van der Waals surface area contributed by atoms with Gasteiger partial charge in [-0.25, -0.2) is 13.2 Å². The molecule has 8 heteroatoms. The fourth-order valence-electron chi connectivity index (χ4n) is 1.26. The Balaban J connectivity index is 3.70. The van der Waals surface area contributed by atoms with Crippen molar-refractivity contribution in [1.82, 2.24) is 0 Å². The molecule has 0 amide bonds.